The fourth-order valence-corrected chi connectivity index (χ4v) is 1.82. The third-order valence-corrected chi connectivity index (χ3v) is 3.49. The molecule has 6 heteroatoms. The van der Waals surface area contributed by atoms with Gasteiger partial charge in [-0.25, -0.2) is 0 Å². The number of nitrogens with two attached hydrogens (primary N) is 1. The van der Waals surface area contributed by atoms with Gasteiger partial charge in [-0.15, -0.1) is 0 Å². The summed E-state index contributed by atoms with van der Waals surface area (Å²) in [6.07, 6.45) is 1.61. The predicted octanol–water partition coefficient (Wildman–Crippen LogP) is -1.16. The molecule has 1 saturated heterocycles. The normalized spacial score (nSPS) is 32.6. The summed E-state index contributed by atoms with van der Waals surface area (Å²) in [4.78, 5) is 11.8. The van der Waals surface area contributed by atoms with Crippen molar-refractivity contribution < 1.29 is 13.7 Å². The molecule has 0 aromatic heterocycles. The predicted molar refractivity (Wildman–Crippen MR) is 58.8 cm³/mol. The zero-order valence-electron chi connectivity index (χ0n) is 9.12. The monoisotopic (exact) mass is 234 g/mol. The van der Waals surface area contributed by atoms with Crippen LogP contribution in [0.15, 0.2) is 0 Å². The molecule has 1 fully saturated rings. The van der Waals surface area contributed by atoms with Gasteiger partial charge in [-0.2, -0.15) is 0 Å². The first-order valence-corrected chi connectivity index (χ1v) is 6.61. The Hall–Kier alpha value is -0.460. The Kier molecular flexibility index (Phi) is 4.24. The summed E-state index contributed by atoms with van der Waals surface area (Å²) in [6, 6.07) is -0.260. The highest BCUT2D eigenvalue weighted by molar-refractivity contribution is 7.84. The van der Waals surface area contributed by atoms with Crippen molar-refractivity contribution >= 4 is 16.7 Å². The molecule has 3 unspecified atom stereocenters. The second kappa shape index (κ2) is 5.05. The molecule has 0 radical (unpaired) electrons. The quantitative estimate of drug-likeness (QED) is 0.643. The molecule has 1 amide bonds. The first-order chi connectivity index (χ1) is 6.97. The van der Waals surface area contributed by atoms with Crippen LogP contribution in [0.3, 0.4) is 0 Å². The molecule has 0 spiro atoms. The smallest absolute Gasteiger partial charge is 0.229 e. The second-order valence-corrected chi connectivity index (χ2v) is 5.63. The number of carbonyl (C=O) groups is 1. The lowest BCUT2D eigenvalue weighted by atomic mass is 9.85. The molecule has 0 aromatic rings. The van der Waals surface area contributed by atoms with Crippen LogP contribution in [0.2, 0.25) is 0 Å². The molecule has 1 aliphatic heterocycles. The van der Waals surface area contributed by atoms with E-state index >= 15 is 0 Å². The third kappa shape index (κ3) is 2.99. The van der Waals surface area contributed by atoms with Gasteiger partial charge in [-0.3, -0.25) is 9.00 Å². The van der Waals surface area contributed by atoms with E-state index in [1.807, 2.05) is 0 Å². The lowest BCUT2D eigenvalue weighted by molar-refractivity contribution is -0.130. The van der Waals surface area contributed by atoms with Gasteiger partial charge in [0.25, 0.3) is 0 Å². The zero-order valence-corrected chi connectivity index (χ0v) is 9.93. The maximum absolute atomic E-state index is 11.8. The highest BCUT2D eigenvalue weighted by Crippen LogP contribution is 2.26. The maximum atomic E-state index is 11.8. The van der Waals surface area contributed by atoms with Crippen molar-refractivity contribution in [3.63, 3.8) is 0 Å². The van der Waals surface area contributed by atoms with Crippen molar-refractivity contribution in [2.75, 3.05) is 31.8 Å². The Morgan fingerprint density at radius 3 is 2.87 bits per heavy atom. The van der Waals surface area contributed by atoms with Crippen molar-refractivity contribution in [1.82, 2.24) is 5.32 Å². The van der Waals surface area contributed by atoms with Crippen molar-refractivity contribution in [3.05, 3.63) is 0 Å². The van der Waals surface area contributed by atoms with Crippen molar-refractivity contribution in [2.24, 2.45) is 11.1 Å². The summed E-state index contributed by atoms with van der Waals surface area (Å²) < 4.78 is 16.0. The van der Waals surface area contributed by atoms with Crippen molar-refractivity contribution in [2.45, 2.75) is 13.0 Å². The molecule has 15 heavy (non-hydrogen) atoms. The van der Waals surface area contributed by atoms with E-state index in [9.17, 15) is 9.00 Å². The third-order valence-electron chi connectivity index (χ3n) is 2.71. The van der Waals surface area contributed by atoms with Crippen LogP contribution in [-0.2, 0) is 20.3 Å². The van der Waals surface area contributed by atoms with Gasteiger partial charge >= 0.3 is 0 Å². The molecule has 0 bridgehead atoms. The lowest BCUT2D eigenvalue weighted by Gasteiger charge is -2.25. The topological polar surface area (TPSA) is 81.4 Å². The molecule has 3 N–H and O–H groups in total. The molecule has 1 aliphatic rings. The van der Waals surface area contributed by atoms with E-state index < -0.39 is 16.2 Å². The Bertz CT molecular complexity index is 272. The van der Waals surface area contributed by atoms with Crippen molar-refractivity contribution in [1.29, 1.82) is 0 Å². The minimum atomic E-state index is -0.883. The van der Waals surface area contributed by atoms with Gasteiger partial charge in [-0.1, -0.05) is 0 Å². The van der Waals surface area contributed by atoms with E-state index in [0.717, 1.165) is 0 Å². The summed E-state index contributed by atoms with van der Waals surface area (Å²) in [7, 11) is -0.883. The standard InChI is InChI=1S/C9H18N2O3S/c1-9(6-14-5-7(9)10)8(12)11-3-4-15(2)13/h7H,3-6,10H2,1-2H3,(H,11,12). The Morgan fingerprint density at radius 1 is 1.73 bits per heavy atom. The SMILES string of the molecule is CS(=O)CCNC(=O)C1(C)COCC1N. The molecule has 5 nitrogen and oxygen atoms in total. The molecular weight excluding hydrogens is 216 g/mol. The molecule has 0 aliphatic carbocycles. The van der Waals surface area contributed by atoms with Gasteiger partial charge in [0.05, 0.1) is 18.6 Å². The highest BCUT2D eigenvalue weighted by atomic mass is 32.2. The van der Waals surface area contributed by atoms with E-state index in [2.05, 4.69) is 5.32 Å². The van der Waals surface area contributed by atoms with E-state index in [4.69, 9.17) is 10.5 Å². The van der Waals surface area contributed by atoms with Crippen molar-refractivity contribution in [3.8, 4) is 0 Å². The fourth-order valence-electron chi connectivity index (χ4n) is 1.43. The largest absolute Gasteiger partial charge is 0.379 e. The first-order valence-electron chi connectivity index (χ1n) is 4.88. The molecule has 1 heterocycles. The number of hydrogen-bond donors (Lipinski definition) is 2. The van der Waals surface area contributed by atoms with E-state index in [1.165, 1.54) is 0 Å². The van der Waals surface area contributed by atoms with E-state index in [-0.39, 0.29) is 11.9 Å². The molecule has 0 saturated carbocycles. The highest BCUT2D eigenvalue weighted by Gasteiger charge is 2.44. The van der Waals surface area contributed by atoms with Gasteiger partial charge in [0.1, 0.15) is 0 Å². The number of carbonyl (C=O) groups excluding carboxylic acids is 1. The van der Waals surface area contributed by atoms with Crippen LogP contribution in [0.1, 0.15) is 6.92 Å². The molecule has 88 valence electrons. The molecule has 1 rings (SSSR count). The van der Waals surface area contributed by atoms with Crippen LogP contribution in [-0.4, -0.2) is 47.9 Å². The lowest BCUT2D eigenvalue weighted by Crippen LogP contribution is -2.50. The number of amides is 1. The molecule has 3 atom stereocenters. The maximum Gasteiger partial charge on any atom is 0.229 e. The summed E-state index contributed by atoms with van der Waals surface area (Å²) in [5.74, 6) is 0.357. The van der Waals surface area contributed by atoms with Crippen LogP contribution < -0.4 is 11.1 Å². The Labute approximate surface area is 92.2 Å². The summed E-state index contributed by atoms with van der Waals surface area (Å²) in [5.41, 5.74) is 5.16. The first kappa shape index (κ1) is 12.6. The number of hydrogen-bond acceptors (Lipinski definition) is 4. The van der Waals surface area contributed by atoms with Crippen LogP contribution in [0.4, 0.5) is 0 Å². The second-order valence-electron chi connectivity index (χ2n) is 4.07. The van der Waals surface area contributed by atoms with E-state index in [1.54, 1.807) is 13.2 Å². The molecular formula is C9H18N2O3S. The molecule has 0 aromatic carbocycles. The minimum Gasteiger partial charge on any atom is -0.379 e. The fraction of sp³-hybridized carbons (Fsp3) is 0.889. The van der Waals surface area contributed by atoms with Crippen LogP contribution in [0.5, 0.6) is 0 Å². The minimum absolute atomic E-state index is 0.113. The van der Waals surface area contributed by atoms with Gasteiger partial charge < -0.3 is 15.8 Å². The average molecular weight is 234 g/mol. The number of ether oxygens (including phenoxy) is 1. The van der Waals surface area contributed by atoms with Crippen LogP contribution in [0.25, 0.3) is 0 Å². The van der Waals surface area contributed by atoms with Crippen LogP contribution >= 0.6 is 0 Å². The van der Waals surface area contributed by atoms with Gasteiger partial charge in [0.2, 0.25) is 5.91 Å². The summed E-state index contributed by atoms with van der Waals surface area (Å²) in [6.45, 7) is 2.99. The van der Waals surface area contributed by atoms with Gasteiger partial charge in [-0.05, 0) is 6.92 Å². The Balaban J connectivity index is 2.42. The average Bonchev–Trinajstić information content (AvgIpc) is 2.47. The summed E-state index contributed by atoms with van der Waals surface area (Å²) in [5, 5.41) is 2.73. The number of nitrogens with one attached hydrogen (secondary N) is 1. The van der Waals surface area contributed by atoms with Gasteiger partial charge in [0.15, 0.2) is 0 Å². The Morgan fingerprint density at radius 2 is 2.40 bits per heavy atom. The van der Waals surface area contributed by atoms with E-state index in [0.29, 0.717) is 25.5 Å². The zero-order chi connectivity index (χ0) is 11.5. The summed E-state index contributed by atoms with van der Waals surface area (Å²) >= 11 is 0. The number of rotatable bonds is 4. The van der Waals surface area contributed by atoms with Gasteiger partial charge in [0, 0.05) is 35.4 Å². The van der Waals surface area contributed by atoms with Crippen LogP contribution in [0, 0.1) is 5.41 Å².